The number of aliphatic hydroxyl groups is 1. The molecule has 0 radical (unpaired) electrons. The standard InChI is InChI=1S/C30H30N2O5/c1-35-30(34)25-7-6-21-13-20(4-5-22(21)15-25)23-9-11-29-24(14-23)8-10-28(37-29)18-32-16-26(33)19-36-27-3-2-12-31-17-27/h2-7,9,11-15,17,26,28,32-33H,8,10,16,18-19H2,1H3/t26-,28+/m0/s1. The molecule has 0 spiro atoms. The SMILES string of the molecule is COC(=O)c1ccc2cc(-c3ccc4c(c3)CC[C@H](CNC[C@H](O)COc3cccnc3)O4)ccc2c1. The predicted octanol–water partition coefficient (Wildman–Crippen LogP) is 4.41. The summed E-state index contributed by atoms with van der Waals surface area (Å²) in [6, 6.07) is 21.8. The molecule has 0 amide bonds. The van der Waals surface area contributed by atoms with Crippen molar-refractivity contribution in [2.45, 2.75) is 25.0 Å². The number of carbonyl (C=O) groups is 1. The van der Waals surface area contributed by atoms with Crippen molar-refractivity contribution in [3.05, 3.63) is 90.3 Å². The van der Waals surface area contributed by atoms with Gasteiger partial charge in [-0.2, -0.15) is 0 Å². The van der Waals surface area contributed by atoms with Crippen LogP contribution >= 0.6 is 0 Å². The van der Waals surface area contributed by atoms with E-state index in [9.17, 15) is 9.90 Å². The molecule has 1 aromatic heterocycles. The zero-order valence-electron chi connectivity index (χ0n) is 20.7. The number of benzene rings is 3. The summed E-state index contributed by atoms with van der Waals surface area (Å²) in [5, 5.41) is 15.5. The fourth-order valence-corrected chi connectivity index (χ4v) is 4.53. The number of aryl methyl sites for hydroxylation is 1. The van der Waals surface area contributed by atoms with E-state index >= 15 is 0 Å². The van der Waals surface area contributed by atoms with E-state index in [1.165, 1.54) is 12.7 Å². The number of aliphatic hydroxyl groups excluding tert-OH is 1. The number of nitrogens with one attached hydrogen (secondary N) is 1. The molecule has 0 saturated carbocycles. The average Bonchev–Trinajstić information content (AvgIpc) is 2.95. The van der Waals surface area contributed by atoms with Crippen LogP contribution < -0.4 is 14.8 Å². The number of hydrogen-bond acceptors (Lipinski definition) is 7. The van der Waals surface area contributed by atoms with Crippen molar-refractivity contribution in [3.8, 4) is 22.6 Å². The highest BCUT2D eigenvalue weighted by atomic mass is 16.5. The lowest BCUT2D eigenvalue weighted by Crippen LogP contribution is -2.39. The van der Waals surface area contributed by atoms with Gasteiger partial charge in [0.2, 0.25) is 0 Å². The van der Waals surface area contributed by atoms with Crippen LogP contribution in [0.1, 0.15) is 22.3 Å². The first-order chi connectivity index (χ1) is 18.1. The van der Waals surface area contributed by atoms with Crippen LogP contribution in [0.15, 0.2) is 79.1 Å². The Balaban J connectivity index is 1.16. The van der Waals surface area contributed by atoms with Gasteiger partial charge in [0.05, 0.1) is 18.9 Å². The second kappa shape index (κ2) is 11.4. The lowest BCUT2D eigenvalue weighted by atomic mass is 9.95. The molecule has 0 fully saturated rings. The predicted molar refractivity (Wildman–Crippen MR) is 142 cm³/mol. The van der Waals surface area contributed by atoms with Gasteiger partial charge in [-0.05, 0) is 82.8 Å². The number of aromatic nitrogens is 1. The molecule has 4 aromatic rings. The van der Waals surface area contributed by atoms with E-state index in [0.29, 0.717) is 24.4 Å². The van der Waals surface area contributed by atoms with Crippen molar-refractivity contribution in [1.82, 2.24) is 10.3 Å². The van der Waals surface area contributed by atoms with Crippen LogP contribution in [0.3, 0.4) is 0 Å². The van der Waals surface area contributed by atoms with Crippen LogP contribution in [-0.4, -0.2) is 55.1 Å². The Kier molecular flexibility index (Phi) is 7.63. The van der Waals surface area contributed by atoms with E-state index in [-0.39, 0.29) is 18.7 Å². The quantitative estimate of drug-likeness (QED) is 0.330. The van der Waals surface area contributed by atoms with Gasteiger partial charge in [-0.1, -0.05) is 24.3 Å². The summed E-state index contributed by atoms with van der Waals surface area (Å²) in [6.45, 7) is 1.29. The number of nitrogens with zero attached hydrogens (tertiary/aromatic N) is 1. The van der Waals surface area contributed by atoms with Crippen molar-refractivity contribution in [2.75, 3.05) is 26.8 Å². The molecule has 37 heavy (non-hydrogen) atoms. The Bertz CT molecular complexity index is 1380. The lowest BCUT2D eigenvalue weighted by molar-refractivity contribution is 0.0601. The maximum atomic E-state index is 11.8. The Labute approximate surface area is 216 Å². The molecule has 2 atom stereocenters. The van der Waals surface area contributed by atoms with E-state index < -0.39 is 6.10 Å². The fraction of sp³-hybridized carbons (Fsp3) is 0.267. The monoisotopic (exact) mass is 498 g/mol. The van der Waals surface area contributed by atoms with Gasteiger partial charge in [-0.15, -0.1) is 0 Å². The van der Waals surface area contributed by atoms with Gasteiger partial charge in [0.15, 0.2) is 0 Å². The molecule has 1 aliphatic rings. The molecule has 0 unspecified atom stereocenters. The molecular weight excluding hydrogens is 468 g/mol. The van der Waals surface area contributed by atoms with Gasteiger partial charge < -0.3 is 24.6 Å². The zero-order valence-corrected chi connectivity index (χ0v) is 20.7. The van der Waals surface area contributed by atoms with E-state index in [1.807, 2.05) is 30.3 Å². The van der Waals surface area contributed by atoms with E-state index in [0.717, 1.165) is 40.5 Å². The van der Waals surface area contributed by atoms with E-state index in [4.69, 9.17) is 14.2 Å². The maximum absolute atomic E-state index is 11.8. The molecule has 3 aromatic carbocycles. The van der Waals surface area contributed by atoms with Crippen molar-refractivity contribution in [1.29, 1.82) is 0 Å². The fourth-order valence-electron chi connectivity index (χ4n) is 4.53. The number of fused-ring (bicyclic) bond motifs is 2. The Hall–Kier alpha value is -3.94. The van der Waals surface area contributed by atoms with Gasteiger partial charge >= 0.3 is 5.97 Å². The van der Waals surface area contributed by atoms with Crippen LogP contribution in [0.2, 0.25) is 0 Å². The molecule has 190 valence electrons. The molecular formula is C30H30N2O5. The summed E-state index contributed by atoms with van der Waals surface area (Å²) < 4.78 is 16.6. The number of esters is 1. The maximum Gasteiger partial charge on any atom is 0.337 e. The van der Waals surface area contributed by atoms with Crippen LogP contribution in [0.5, 0.6) is 11.5 Å². The molecule has 0 aliphatic carbocycles. The molecule has 0 bridgehead atoms. The summed E-state index contributed by atoms with van der Waals surface area (Å²) in [5.41, 5.74) is 3.99. The van der Waals surface area contributed by atoms with Gasteiger partial charge in [-0.25, -0.2) is 4.79 Å². The number of pyridine rings is 1. The van der Waals surface area contributed by atoms with E-state index in [1.54, 1.807) is 24.5 Å². The Morgan fingerprint density at radius 1 is 1.11 bits per heavy atom. The second-order valence-corrected chi connectivity index (χ2v) is 9.18. The minimum absolute atomic E-state index is 0.0504. The third-order valence-corrected chi connectivity index (χ3v) is 6.51. The van der Waals surface area contributed by atoms with Crippen LogP contribution in [0, 0.1) is 0 Å². The number of ether oxygens (including phenoxy) is 3. The molecule has 2 heterocycles. The summed E-state index contributed by atoms with van der Waals surface area (Å²) in [4.78, 5) is 15.8. The number of rotatable bonds is 9. The summed E-state index contributed by atoms with van der Waals surface area (Å²) >= 11 is 0. The Morgan fingerprint density at radius 2 is 1.92 bits per heavy atom. The summed E-state index contributed by atoms with van der Waals surface area (Å²) in [6.07, 6.45) is 4.57. The highest BCUT2D eigenvalue weighted by molar-refractivity contribution is 5.96. The zero-order chi connectivity index (χ0) is 25.6. The van der Waals surface area contributed by atoms with Crippen LogP contribution in [0.4, 0.5) is 0 Å². The highest BCUT2D eigenvalue weighted by Gasteiger charge is 2.20. The molecule has 7 nitrogen and oxygen atoms in total. The van der Waals surface area contributed by atoms with Crippen LogP contribution in [0.25, 0.3) is 21.9 Å². The largest absolute Gasteiger partial charge is 0.489 e. The lowest BCUT2D eigenvalue weighted by Gasteiger charge is -2.27. The van der Waals surface area contributed by atoms with Crippen LogP contribution in [-0.2, 0) is 11.2 Å². The van der Waals surface area contributed by atoms with Gasteiger partial charge in [0, 0.05) is 19.3 Å². The molecule has 7 heteroatoms. The highest BCUT2D eigenvalue weighted by Crippen LogP contribution is 2.33. The first-order valence-electron chi connectivity index (χ1n) is 12.4. The molecule has 5 rings (SSSR count). The molecule has 1 aliphatic heterocycles. The number of hydrogen-bond donors (Lipinski definition) is 2. The third kappa shape index (κ3) is 6.07. The average molecular weight is 499 g/mol. The molecule has 0 saturated heterocycles. The Morgan fingerprint density at radius 3 is 2.76 bits per heavy atom. The van der Waals surface area contributed by atoms with Gasteiger partial charge in [0.25, 0.3) is 0 Å². The van der Waals surface area contributed by atoms with Crippen molar-refractivity contribution in [3.63, 3.8) is 0 Å². The third-order valence-electron chi connectivity index (χ3n) is 6.51. The topological polar surface area (TPSA) is 89.9 Å². The van der Waals surface area contributed by atoms with Crippen molar-refractivity contribution < 1.29 is 24.1 Å². The molecule has 2 N–H and O–H groups in total. The normalized spacial score (nSPS) is 15.5. The number of carbonyl (C=O) groups excluding carboxylic acids is 1. The summed E-state index contributed by atoms with van der Waals surface area (Å²) in [5.74, 6) is 1.22. The minimum atomic E-state index is -0.618. The minimum Gasteiger partial charge on any atom is -0.489 e. The first-order valence-corrected chi connectivity index (χ1v) is 12.4. The van der Waals surface area contributed by atoms with Gasteiger partial charge in [-0.3, -0.25) is 4.98 Å². The van der Waals surface area contributed by atoms with Crippen molar-refractivity contribution in [2.24, 2.45) is 0 Å². The first kappa shape index (κ1) is 24.7. The summed E-state index contributed by atoms with van der Waals surface area (Å²) in [7, 11) is 1.39. The smallest absolute Gasteiger partial charge is 0.337 e. The van der Waals surface area contributed by atoms with Gasteiger partial charge in [0.1, 0.15) is 30.3 Å². The van der Waals surface area contributed by atoms with E-state index in [2.05, 4.69) is 34.6 Å². The second-order valence-electron chi connectivity index (χ2n) is 9.18. The number of methoxy groups -OCH3 is 1. The van der Waals surface area contributed by atoms with Crippen molar-refractivity contribution >= 4 is 16.7 Å².